The van der Waals surface area contributed by atoms with Crippen molar-refractivity contribution in [2.24, 2.45) is 0 Å². The maximum absolute atomic E-state index is 4.53. The van der Waals surface area contributed by atoms with Gasteiger partial charge in [0.05, 0.1) is 12.1 Å². The van der Waals surface area contributed by atoms with Crippen LogP contribution in [0.15, 0.2) is 17.8 Å². The molecule has 2 aromatic heterocycles. The predicted molar refractivity (Wildman–Crippen MR) is 79.6 cm³/mol. The molecule has 6 heteroatoms. The van der Waals surface area contributed by atoms with E-state index in [2.05, 4.69) is 39.4 Å². The van der Waals surface area contributed by atoms with Crippen LogP contribution in [0.1, 0.15) is 31.0 Å². The van der Waals surface area contributed by atoms with Crippen LogP contribution in [-0.4, -0.2) is 21.5 Å². The Bertz CT molecular complexity index is 473. The fraction of sp³-hybridized carbons (Fsp3) is 0.462. The van der Waals surface area contributed by atoms with Crippen molar-refractivity contribution in [3.05, 3.63) is 28.5 Å². The monoisotopic (exact) mass is 277 g/mol. The fourth-order valence-corrected chi connectivity index (χ4v) is 2.24. The highest BCUT2D eigenvalue weighted by atomic mass is 32.1. The first-order valence-electron chi connectivity index (χ1n) is 6.55. The first-order chi connectivity index (χ1) is 9.31. The molecule has 2 heterocycles. The van der Waals surface area contributed by atoms with Crippen LogP contribution in [0.2, 0.25) is 0 Å². The molecule has 5 nitrogen and oxygen atoms in total. The number of anilines is 2. The normalized spacial score (nSPS) is 10.4. The van der Waals surface area contributed by atoms with Gasteiger partial charge in [-0.2, -0.15) is 0 Å². The van der Waals surface area contributed by atoms with Gasteiger partial charge in [-0.1, -0.05) is 6.92 Å². The molecule has 0 saturated carbocycles. The highest BCUT2D eigenvalue weighted by Gasteiger charge is 2.04. The van der Waals surface area contributed by atoms with E-state index in [0.717, 1.165) is 43.4 Å². The largest absolute Gasteiger partial charge is 0.370 e. The maximum atomic E-state index is 4.53. The van der Waals surface area contributed by atoms with Crippen molar-refractivity contribution >= 4 is 23.0 Å². The molecule has 0 spiro atoms. The van der Waals surface area contributed by atoms with E-state index in [1.165, 1.54) is 4.88 Å². The number of aromatic nitrogens is 3. The minimum absolute atomic E-state index is 0.749. The van der Waals surface area contributed by atoms with Crippen LogP contribution in [0.5, 0.6) is 0 Å². The van der Waals surface area contributed by atoms with Gasteiger partial charge in [-0.05, 0) is 13.3 Å². The van der Waals surface area contributed by atoms with E-state index < -0.39 is 0 Å². The van der Waals surface area contributed by atoms with Crippen LogP contribution in [0.25, 0.3) is 0 Å². The van der Waals surface area contributed by atoms with E-state index >= 15 is 0 Å². The van der Waals surface area contributed by atoms with Gasteiger partial charge in [0, 0.05) is 30.1 Å². The molecule has 2 N–H and O–H groups in total. The highest BCUT2D eigenvalue weighted by Crippen LogP contribution is 2.14. The number of aryl methyl sites for hydroxylation is 1. The van der Waals surface area contributed by atoms with Crippen LogP contribution in [0.3, 0.4) is 0 Å². The second-order valence-electron chi connectivity index (χ2n) is 4.16. The average molecular weight is 277 g/mol. The highest BCUT2D eigenvalue weighted by molar-refractivity contribution is 7.09. The van der Waals surface area contributed by atoms with Gasteiger partial charge in [0.2, 0.25) is 0 Å². The van der Waals surface area contributed by atoms with E-state index in [1.54, 1.807) is 11.3 Å². The molecule has 0 aliphatic heterocycles. The Morgan fingerprint density at radius 1 is 1.16 bits per heavy atom. The van der Waals surface area contributed by atoms with Gasteiger partial charge in [-0.3, -0.25) is 4.98 Å². The number of hydrogen-bond acceptors (Lipinski definition) is 6. The Labute approximate surface area is 117 Å². The first-order valence-corrected chi connectivity index (χ1v) is 7.42. The summed E-state index contributed by atoms with van der Waals surface area (Å²) in [6.07, 6.45) is 3.81. The maximum Gasteiger partial charge on any atom is 0.133 e. The van der Waals surface area contributed by atoms with E-state index in [4.69, 9.17) is 0 Å². The van der Waals surface area contributed by atoms with Crippen molar-refractivity contribution in [1.82, 2.24) is 15.0 Å². The Balaban J connectivity index is 2.08. The summed E-state index contributed by atoms with van der Waals surface area (Å²) in [5, 5.41) is 6.56. The number of hydrogen-bond donors (Lipinski definition) is 2. The molecule has 0 aliphatic carbocycles. The van der Waals surface area contributed by atoms with Crippen molar-refractivity contribution in [3.63, 3.8) is 0 Å². The summed E-state index contributed by atoms with van der Waals surface area (Å²) in [6, 6.07) is 1.95. The van der Waals surface area contributed by atoms with Gasteiger partial charge in [0.25, 0.3) is 0 Å². The van der Waals surface area contributed by atoms with Crippen LogP contribution in [-0.2, 0) is 13.0 Å². The summed E-state index contributed by atoms with van der Waals surface area (Å²) < 4.78 is 0. The lowest BCUT2D eigenvalue weighted by Gasteiger charge is -2.09. The first kappa shape index (κ1) is 13.7. The summed E-state index contributed by atoms with van der Waals surface area (Å²) in [7, 11) is 0. The zero-order valence-electron chi connectivity index (χ0n) is 11.3. The molecular formula is C13H19N5S. The summed E-state index contributed by atoms with van der Waals surface area (Å²) in [6.45, 7) is 5.80. The van der Waals surface area contributed by atoms with E-state index in [9.17, 15) is 0 Å². The third kappa shape index (κ3) is 4.17. The summed E-state index contributed by atoms with van der Waals surface area (Å²) in [5.41, 5.74) is 1.84. The van der Waals surface area contributed by atoms with Crippen molar-refractivity contribution in [3.8, 4) is 0 Å². The van der Waals surface area contributed by atoms with Crippen molar-refractivity contribution in [2.45, 2.75) is 33.2 Å². The third-order valence-corrected chi connectivity index (χ3v) is 3.31. The molecule has 102 valence electrons. The second kappa shape index (κ2) is 7.04. The molecule has 2 rings (SSSR count). The van der Waals surface area contributed by atoms with E-state index in [-0.39, 0.29) is 0 Å². The van der Waals surface area contributed by atoms with Crippen molar-refractivity contribution < 1.29 is 0 Å². The van der Waals surface area contributed by atoms with E-state index in [0.29, 0.717) is 0 Å². The van der Waals surface area contributed by atoms with E-state index in [1.807, 2.05) is 17.8 Å². The number of nitrogens with one attached hydrogen (secondary N) is 2. The molecule has 0 aliphatic rings. The summed E-state index contributed by atoms with van der Waals surface area (Å²) >= 11 is 1.64. The van der Waals surface area contributed by atoms with Crippen molar-refractivity contribution in [1.29, 1.82) is 0 Å². The Hall–Kier alpha value is -1.69. The fourth-order valence-electron chi connectivity index (χ4n) is 1.70. The molecule has 0 unspecified atom stereocenters. The molecule has 0 fully saturated rings. The molecule has 0 atom stereocenters. The molecule has 2 aromatic rings. The Morgan fingerprint density at radius 2 is 1.95 bits per heavy atom. The average Bonchev–Trinajstić information content (AvgIpc) is 2.90. The zero-order chi connectivity index (χ0) is 13.5. The lowest BCUT2D eigenvalue weighted by molar-refractivity contribution is 0.834. The molecular weight excluding hydrogens is 258 g/mol. The lowest BCUT2D eigenvalue weighted by Crippen LogP contribution is -2.07. The summed E-state index contributed by atoms with van der Waals surface area (Å²) in [5.74, 6) is 2.63. The van der Waals surface area contributed by atoms with Gasteiger partial charge in [0.15, 0.2) is 0 Å². The zero-order valence-corrected chi connectivity index (χ0v) is 12.1. The molecule has 0 amide bonds. The SMILES string of the molecule is CCCc1nc(NCC)cc(NCc2cncs2)n1. The minimum Gasteiger partial charge on any atom is -0.370 e. The lowest BCUT2D eigenvalue weighted by atomic mass is 10.3. The Morgan fingerprint density at radius 3 is 2.58 bits per heavy atom. The molecule has 0 bridgehead atoms. The molecule has 0 aromatic carbocycles. The number of nitrogens with zero attached hydrogens (tertiary/aromatic N) is 3. The molecule has 0 radical (unpaired) electrons. The smallest absolute Gasteiger partial charge is 0.133 e. The van der Waals surface area contributed by atoms with Gasteiger partial charge < -0.3 is 10.6 Å². The van der Waals surface area contributed by atoms with Crippen LogP contribution >= 0.6 is 11.3 Å². The van der Waals surface area contributed by atoms with Crippen LogP contribution < -0.4 is 10.6 Å². The topological polar surface area (TPSA) is 62.7 Å². The number of rotatable bonds is 7. The third-order valence-electron chi connectivity index (χ3n) is 2.53. The molecule has 0 saturated heterocycles. The molecule has 19 heavy (non-hydrogen) atoms. The van der Waals surface area contributed by atoms with Crippen LogP contribution in [0, 0.1) is 0 Å². The Kier molecular flexibility index (Phi) is 5.09. The standard InChI is InChI=1S/C13H19N5S/c1-3-5-11-17-12(15-4-2)6-13(18-11)16-8-10-7-14-9-19-10/h6-7,9H,3-5,8H2,1-2H3,(H2,15,16,17,18). The van der Waals surface area contributed by atoms with Crippen LogP contribution in [0.4, 0.5) is 11.6 Å². The van der Waals surface area contributed by atoms with Gasteiger partial charge >= 0.3 is 0 Å². The van der Waals surface area contributed by atoms with Gasteiger partial charge in [-0.25, -0.2) is 9.97 Å². The van der Waals surface area contributed by atoms with Gasteiger partial charge in [0.1, 0.15) is 17.5 Å². The quantitative estimate of drug-likeness (QED) is 0.814. The second-order valence-corrected chi connectivity index (χ2v) is 5.13. The predicted octanol–water partition coefficient (Wildman–Crippen LogP) is 2.93. The van der Waals surface area contributed by atoms with Crippen molar-refractivity contribution in [2.75, 3.05) is 17.2 Å². The number of thiazole rings is 1. The van der Waals surface area contributed by atoms with Gasteiger partial charge in [-0.15, -0.1) is 11.3 Å². The summed E-state index contributed by atoms with van der Waals surface area (Å²) in [4.78, 5) is 14.3. The minimum atomic E-state index is 0.749.